The van der Waals surface area contributed by atoms with Gasteiger partial charge in [-0.15, -0.1) is 0 Å². The van der Waals surface area contributed by atoms with Gasteiger partial charge in [0.2, 0.25) is 17.8 Å². The maximum Gasteiger partial charge on any atom is 0.236 e. The van der Waals surface area contributed by atoms with E-state index in [1.165, 1.54) is 6.92 Å². The molecule has 0 aromatic carbocycles. The lowest BCUT2D eigenvalue weighted by Gasteiger charge is -2.34. The van der Waals surface area contributed by atoms with E-state index in [9.17, 15) is 45.3 Å². The average molecular weight is 434 g/mol. The van der Waals surface area contributed by atoms with E-state index in [2.05, 4.69) is 15.0 Å². The Morgan fingerprint density at radius 2 is 1.00 bits per heavy atom. The van der Waals surface area contributed by atoms with Gasteiger partial charge in [0.15, 0.2) is 31.3 Å². The molecule has 0 bridgehead atoms. The number of hydrogen-bond acceptors (Lipinski definition) is 15. The second kappa shape index (κ2) is 11.0. The number of aliphatic hydroxyl groups excluding tert-OH is 7. The molecule has 15 heteroatoms. The first kappa shape index (κ1) is 25.5. The second-order valence-electron chi connectivity index (χ2n) is 6.12. The zero-order chi connectivity index (χ0) is 23.2. The van der Waals surface area contributed by atoms with Crippen LogP contribution in [-0.4, -0.2) is 107 Å². The van der Waals surface area contributed by atoms with Crippen molar-refractivity contribution in [1.82, 2.24) is 15.0 Å². The molecule has 0 radical (unpaired) electrons. The van der Waals surface area contributed by atoms with Crippen LogP contribution in [0.4, 0.5) is 17.8 Å². The fraction of sp³-hybridized carbons (Fsp3) is 0.667. The minimum atomic E-state index is -1.94. The highest BCUT2D eigenvalue weighted by Gasteiger charge is 2.31. The summed E-state index contributed by atoms with van der Waals surface area (Å²) < 4.78 is 0. The van der Waals surface area contributed by atoms with Gasteiger partial charge in [0.25, 0.3) is 0 Å². The van der Waals surface area contributed by atoms with Crippen LogP contribution >= 0.6 is 0 Å². The Labute approximate surface area is 171 Å². The average Bonchev–Trinajstić information content (AvgIpc) is 2.66. The van der Waals surface area contributed by atoms with E-state index < -0.39 is 61.8 Å². The summed E-state index contributed by atoms with van der Waals surface area (Å²) in [6.45, 7) is 2.66. The Morgan fingerprint density at radius 3 is 1.23 bits per heavy atom. The summed E-state index contributed by atoms with van der Waals surface area (Å²) in [4.78, 5) is 35.7. The summed E-state index contributed by atoms with van der Waals surface area (Å²) in [5.74, 6) is -1.70. The van der Waals surface area contributed by atoms with E-state index >= 15 is 0 Å². The van der Waals surface area contributed by atoms with Gasteiger partial charge in [-0.25, -0.2) is 0 Å². The summed E-state index contributed by atoms with van der Waals surface area (Å²) in [5.41, 5.74) is 0. The fourth-order valence-electron chi connectivity index (χ4n) is 2.47. The molecule has 15 nitrogen and oxygen atoms in total. The monoisotopic (exact) mass is 434 g/mol. The van der Waals surface area contributed by atoms with Crippen LogP contribution in [0.1, 0.15) is 20.8 Å². The molecule has 30 heavy (non-hydrogen) atoms. The molecule has 170 valence electrons. The molecule has 0 saturated heterocycles. The van der Waals surface area contributed by atoms with Crippen molar-refractivity contribution in [3.8, 4) is 0 Å². The van der Waals surface area contributed by atoms with Gasteiger partial charge in [-0.3, -0.25) is 24.3 Å². The van der Waals surface area contributed by atoms with Gasteiger partial charge in [-0.1, -0.05) is 0 Å². The third-order valence-corrected chi connectivity index (χ3v) is 3.80. The van der Waals surface area contributed by atoms with Crippen LogP contribution in [0.5, 0.6) is 0 Å². The molecular formula is C15H26N6O9. The first-order chi connectivity index (χ1) is 14.0. The van der Waals surface area contributed by atoms with Crippen molar-refractivity contribution in [3.05, 3.63) is 0 Å². The van der Waals surface area contributed by atoms with Gasteiger partial charge >= 0.3 is 0 Å². The van der Waals surface area contributed by atoms with Crippen LogP contribution in [-0.2, 0) is 9.59 Å². The van der Waals surface area contributed by atoms with Crippen LogP contribution < -0.4 is 14.7 Å². The molecule has 0 aliphatic carbocycles. The highest BCUT2D eigenvalue weighted by Crippen LogP contribution is 2.24. The number of nitrogens with zero attached hydrogens (tertiary/aromatic N) is 6. The molecule has 0 fully saturated rings. The van der Waals surface area contributed by atoms with E-state index in [4.69, 9.17) is 0 Å². The summed E-state index contributed by atoms with van der Waals surface area (Å²) >= 11 is 0. The van der Waals surface area contributed by atoms with E-state index in [-0.39, 0.29) is 12.6 Å². The fourth-order valence-corrected chi connectivity index (χ4v) is 2.47. The molecule has 0 amide bonds. The molecule has 0 saturated carbocycles. The maximum atomic E-state index is 11.1. The zero-order valence-electron chi connectivity index (χ0n) is 16.5. The van der Waals surface area contributed by atoms with Gasteiger partial charge in [-0.2, -0.15) is 15.0 Å². The van der Waals surface area contributed by atoms with Gasteiger partial charge in [0.1, 0.15) is 18.7 Å². The van der Waals surface area contributed by atoms with Gasteiger partial charge < -0.3 is 35.7 Å². The highest BCUT2D eigenvalue weighted by molar-refractivity contribution is 5.64. The first-order valence-electron chi connectivity index (χ1n) is 8.71. The van der Waals surface area contributed by atoms with E-state index in [0.717, 1.165) is 13.8 Å². The molecule has 0 aliphatic heterocycles. The van der Waals surface area contributed by atoms with Crippen LogP contribution in [0.2, 0.25) is 0 Å². The van der Waals surface area contributed by atoms with Gasteiger partial charge in [0.05, 0.1) is 6.61 Å². The van der Waals surface area contributed by atoms with Gasteiger partial charge in [-0.05, 0) is 20.8 Å². The topological polar surface area (TPSA) is 224 Å². The van der Waals surface area contributed by atoms with E-state index in [1.54, 1.807) is 0 Å². The largest absolute Gasteiger partial charge is 0.392 e. The number of rotatable bonds is 12. The third-order valence-electron chi connectivity index (χ3n) is 3.80. The normalized spacial score (nSPS) is 17.3. The number of aliphatic hydroxyl groups is 7. The quantitative estimate of drug-likeness (QED) is 0.122. The number of hydrogen-bond donors (Lipinski definition) is 7. The summed E-state index contributed by atoms with van der Waals surface area (Å²) in [5, 5.41) is 68.9. The summed E-state index contributed by atoms with van der Waals surface area (Å²) in [7, 11) is 0. The molecule has 1 aromatic rings. The van der Waals surface area contributed by atoms with Crippen LogP contribution in [0, 0.1) is 0 Å². The first-order valence-corrected chi connectivity index (χ1v) is 8.71. The van der Waals surface area contributed by atoms with Crippen LogP contribution in [0.15, 0.2) is 0 Å². The summed E-state index contributed by atoms with van der Waals surface area (Å²) in [6, 6.07) is 0. The number of carbonyl (C=O) groups is 2. The van der Waals surface area contributed by atoms with Crippen molar-refractivity contribution in [2.75, 3.05) is 21.3 Å². The molecular weight excluding hydrogens is 408 g/mol. The maximum absolute atomic E-state index is 11.1. The lowest BCUT2D eigenvalue weighted by atomic mass is 10.4. The number of carbonyl (C=O) groups excluding carboxylic acids is 2. The minimum Gasteiger partial charge on any atom is -0.392 e. The Balaban J connectivity index is 3.81. The Kier molecular flexibility index (Phi) is 9.37. The number of aldehydes is 2. The standard InChI is InChI=1S/C15H26N6O9/c1-7(25)19(10(28)4-22)13-16-14(20(8(2)26)11(29)5-23)18-15(17-13)21(9(3)27)12(30)6-24/h4-5,7-12,24-30H,6H2,1-3H3. The number of aromatic nitrogens is 3. The van der Waals surface area contributed by atoms with E-state index in [1.807, 2.05) is 0 Å². The van der Waals surface area contributed by atoms with Crippen LogP contribution in [0.25, 0.3) is 0 Å². The Hall–Kier alpha value is -2.53. The van der Waals surface area contributed by atoms with Crippen molar-refractivity contribution in [1.29, 1.82) is 0 Å². The molecule has 7 N–H and O–H groups in total. The minimum absolute atomic E-state index is 0.0531. The van der Waals surface area contributed by atoms with Crippen molar-refractivity contribution < 1.29 is 45.3 Å². The Morgan fingerprint density at radius 1 is 0.700 bits per heavy atom. The molecule has 6 unspecified atom stereocenters. The summed E-state index contributed by atoms with van der Waals surface area (Å²) in [6.07, 6.45) is -10.0. The lowest BCUT2D eigenvalue weighted by Crippen LogP contribution is -2.48. The van der Waals surface area contributed by atoms with Crippen molar-refractivity contribution in [2.24, 2.45) is 0 Å². The van der Waals surface area contributed by atoms with Gasteiger partial charge in [0, 0.05) is 0 Å². The molecule has 1 rings (SSSR count). The molecule has 0 aliphatic rings. The molecule has 0 spiro atoms. The second-order valence-corrected chi connectivity index (χ2v) is 6.12. The predicted octanol–water partition coefficient (Wildman–Crippen LogP) is -4.35. The van der Waals surface area contributed by atoms with Crippen LogP contribution in [0.3, 0.4) is 0 Å². The van der Waals surface area contributed by atoms with Crippen molar-refractivity contribution in [3.63, 3.8) is 0 Å². The smallest absolute Gasteiger partial charge is 0.236 e. The Bertz CT molecular complexity index is 663. The van der Waals surface area contributed by atoms with E-state index in [0.29, 0.717) is 14.7 Å². The third kappa shape index (κ3) is 5.76. The molecule has 1 heterocycles. The predicted molar refractivity (Wildman–Crippen MR) is 99.5 cm³/mol. The SMILES string of the molecule is CC(O)N(c1nc(N(C(C)O)C(O)C=O)nc(N(C(C)O)C(O)CO)n1)C(O)C=O. The molecule has 1 aromatic heterocycles. The zero-order valence-corrected chi connectivity index (χ0v) is 16.5. The molecule has 6 atom stereocenters. The van der Waals surface area contributed by atoms with Crippen molar-refractivity contribution in [2.45, 2.75) is 58.1 Å². The highest BCUT2D eigenvalue weighted by atomic mass is 16.4. The lowest BCUT2D eigenvalue weighted by molar-refractivity contribution is -0.116. The van der Waals surface area contributed by atoms with Crippen molar-refractivity contribution >= 4 is 30.4 Å². The number of anilines is 3.